The molecule has 3 atom stereocenters. The van der Waals surface area contributed by atoms with Crippen LogP contribution in [0.5, 0.6) is 0 Å². The quantitative estimate of drug-likeness (QED) is 0.497. The van der Waals surface area contributed by atoms with Crippen LogP contribution in [0.25, 0.3) is 0 Å². The zero-order valence-corrected chi connectivity index (χ0v) is 18.6. The monoisotopic (exact) mass is 392 g/mol. The molecule has 1 saturated heterocycles. The molecule has 5 heteroatoms. The molecular formula is C22H36O4Si. The first-order valence-electron chi connectivity index (χ1n) is 10.9. The zero-order valence-electron chi connectivity index (χ0n) is 17.6. The van der Waals surface area contributed by atoms with Crippen molar-refractivity contribution in [2.45, 2.75) is 95.4 Å². The molecule has 2 fully saturated rings. The topological polar surface area (TPSA) is 44.8 Å². The normalized spacial score (nSPS) is 38.7. The van der Waals surface area contributed by atoms with Gasteiger partial charge in [0.05, 0.1) is 19.0 Å². The number of hydrogen-bond donors (Lipinski definition) is 0. The van der Waals surface area contributed by atoms with Crippen molar-refractivity contribution in [2.24, 2.45) is 11.3 Å². The van der Waals surface area contributed by atoms with Gasteiger partial charge in [-0.25, -0.2) is 0 Å². The Bertz CT molecular complexity index is 631. The molecule has 152 valence electrons. The molecule has 0 N–H and O–H groups in total. The van der Waals surface area contributed by atoms with Gasteiger partial charge in [-0.3, -0.25) is 4.79 Å². The molecule has 1 spiro atoms. The Kier molecular flexibility index (Phi) is 4.88. The molecule has 0 radical (unpaired) electrons. The molecule has 0 aromatic heterocycles. The molecule has 4 nitrogen and oxygen atoms in total. The van der Waals surface area contributed by atoms with Crippen molar-refractivity contribution >= 4 is 14.4 Å². The molecule has 27 heavy (non-hydrogen) atoms. The van der Waals surface area contributed by atoms with Gasteiger partial charge < -0.3 is 14.2 Å². The van der Waals surface area contributed by atoms with Gasteiger partial charge in [0.15, 0.2) is 17.7 Å². The van der Waals surface area contributed by atoms with Crippen LogP contribution < -0.4 is 0 Å². The van der Waals surface area contributed by atoms with Crippen LogP contribution in [0.3, 0.4) is 0 Å². The third kappa shape index (κ3) is 3.55. The van der Waals surface area contributed by atoms with Crippen molar-refractivity contribution in [1.82, 2.24) is 0 Å². The average molecular weight is 393 g/mol. The van der Waals surface area contributed by atoms with E-state index in [-0.39, 0.29) is 11.2 Å². The fourth-order valence-corrected chi connectivity index (χ4v) is 8.36. The molecule has 4 rings (SSSR count). The van der Waals surface area contributed by atoms with Crippen LogP contribution in [0, 0.1) is 11.3 Å². The lowest BCUT2D eigenvalue weighted by Gasteiger charge is -2.50. The first-order valence-corrected chi connectivity index (χ1v) is 14.6. The SMILES string of the molecule is C[C@]12CCC3(C[C@H]1CCCC1=C2CC[C@](C=O)(C[Si](C)(C)C)O1)OCCO3. The molecule has 4 aliphatic rings. The van der Waals surface area contributed by atoms with Gasteiger partial charge in [-0.1, -0.05) is 26.6 Å². The Balaban J connectivity index is 1.61. The van der Waals surface area contributed by atoms with E-state index in [0.29, 0.717) is 5.92 Å². The zero-order chi connectivity index (χ0) is 19.3. The minimum atomic E-state index is -1.39. The fourth-order valence-electron chi connectivity index (χ4n) is 6.23. The van der Waals surface area contributed by atoms with E-state index in [1.807, 2.05) is 0 Å². The van der Waals surface area contributed by atoms with Crippen LogP contribution in [-0.4, -0.2) is 39.0 Å². The summed E-state index contributed by atoms with van der Waals surface area (Å²) in [4.78, 5) is 12.1. The maximum absolute atomic E-state index is 12.1. The number of hydrogen-bond acceptors (Lipinski definition) is 4. The minimum Gasteiger partial charge on any atom is -0.484 e. The molecule has 0 aromatic rings. The first kappa shape index (κ1) is 19.7. The summed E-state index contributed by atoms with van der Waals surface area (Å²) in [5.41, 5.74) is 1.10. The van der Waals surface area contributed by atoms with Crippen molar-refractivity contribution in [2.75, 3.05) is 13.2 Å². The smallest absolute Gasteiger partial charge is 0.168 e. The first-order chi connectivity index (χ1) is 12.7. The number of carbonyl (C=O) groups is 1. The molecule has 2 aliphatic carbocycles. The molecule has 0 bridgehead atoms. The second-order valence-corrected chi connectivity index (χ2v) is 16.2. The lowest BCUT2D eigenvalue weighted by atomic mass is 9.60. The Hall–Kier alpha value is -0.653. The van der Waals surface area contributed by atoms with Crippen LogP contribution in [0.1, 0.15) is 58.3 Å². The maximum atomic E-state index is 12.1. The van der Waals surface area contributed by atoms with Gasteiger partial charge in [-0.2, -0.15) is 0 Å². The van der Waals surface area contributed by atoms with Gasteiger partial charge >= 0.3 is 0 Å². The van der Waals surface area contributed by atoms with Crippen molar-refractivity contribution in [1.29, 1.82) is 0 Å². The van der Waals surface area contributed by atoms with E-state index in [1.165, 1.54) is 12.0 Å². The predicted octanol–water partition coefficient (Wildman–Crippen LogP) is 5.06. The summed E-state index contributed by atoms with van der Waals surface area (Å²) in [5, 5.41) is 0. The number of allylic oxidation sites excluding steroid dienone is 2. The molecule has 1 saturated carbocycles. The van der Waals surface area contributed by atoms with E-state index in [0.717, 1.165) is 76.2 Å². The van der Waals surface area contributed by atoms with Crippen LogP contribution in [0.4, 0.5) is 0 Å². The van der Waals surface area contributed by atoms with E-state index < -0.39 is 13.7 Å². The number of carbonyl (C=O) groups excluding carboxylic acids is 1. The summed E-state index contributed by atoms with van der Waals surface area (Å²) in [7, 11) is -1.39. The van der Waals surface area contributed by atoms with E-state index in [4.69, 9.17) is 14.2 Å². The minimum absolute atomic E-state index is 0.167. The highest BCUT2D eigenvalue weighted by atomic mass is 28.3. The Morgan fingerprint density at radius 3 is 2.52 bits per heavy atom. The van der Waals surface area contributed by atoms with Crippen molar-refractivity contribution in [3.8, 4) is 0 Å². The number of rotatable bonds is 3. The number of aldehydes is 1. The van der Waals surface area contributed by atoms with Gasteiger partial charge in [-0.15, -0.1) is 0 Å². The Morgan fingerprint density at radius 1 is 1.11 bits per heavy atom. The molecule has 0 unspecified atom stereocenters. The summed E-state index contributed by atoms with van der Waals surface area (Å²) in [6.45, 7) is 10.9. The van der Waals surface area contributed by atoms with E-state index in [9.17, 15) is 4.79 Å². The second-order valence-electron chi connectivity index (χ2n) is 10.7. The summed E-state index contributed by atoms with van der Waals surface area (Å²) in [6, 6.07) is 0.922. The van der Waals surface area contributed by atoms with E-state index in [2.05, 4.69) is 26.6 Å². The highest BCUT2D eigenvalue weighted by molar-refractivity contribution is 6.76. The van der Waals surface area contributed by atoms with Crippen molar-refractivity contribution in [3.63, 3.8) is 0 Å². The van der Waals surface area contributed by atoms with E-state index >= 15 is 0 Å². The maximum Gasteiger partial charge on any atom is 0.168 e. The highest BCUT2D eigenvalue weighted by Crippen LogP contribution is 2.58. The Morgan fingerprint density at radius 2 is 1.85 bits per heavy atom. The molecule has 0 amide bonds. The van der Waals surface area contributed by atoms with Gasteiger partial charge in [0.25, 0.3) is 0 Å². The fraction of sp³-hybridized carbons (Fsp3) is 0.864. The summed E-state index contributed by atoms with van der Waals surface area (Å²) >= 11 is 0. The van der Waals surface area contributed by atoms with Crippen molar-refractivity contribution in [3.05, 3.63) is 11.3 Å². The average Bonchev–Trinajstić information content (AvgIpc) is 3.00. The third-order valence-corrected chi connectivity index (χ3v) is 9.11. The van der Waals surface area contributed by atoms with Gasteiger partial charge in [-0.05, 0) is 55.1 Å². The molecule has 0 aromatic carbocycles. The summed E-state index contributed by atoms with van der Waals surface area (Å²) < 4.78 is 18.7. The van der Waals surface area contributed by atoms with Gasteiger partial charge in [0, 0.05) is 27.3 Å². The second kappa shape index (κ2) is 6.70. The van der Waals surface area contributed by atoms with Crippen molar-refractivity contribution < 1.29 is 19.0 Å². The predicted molar refractivity (Wildman–Crippen MR) is 108 cm³/mol. The van der Waals surface area contributed by atoms with Crippen LogP contribution >= 0.6 is 0 Å². The number of ether oxygens (including phenoxy) is 3. The van der Waals surface area contributed by atoms with Crippen LogP contribution in [0.15, 0.2) is 11.3 Å². The summed E-state index contributed by atoms with van der Waals surface area (Å²) in [5.74, 6) is 1.41. The van der Waals surface area contributed by atoms with E-state index in [1.54, 1.807) is 0 Å². The third-order valence-electron chi connectivity index (χ3n) is 7.45. The molecule has 2 heterocycles. The lowest BCUT2D eigenvalue weighted by molar-refractivity contribution is -0.203. The lowest BCUT2D eigenvalue weighted by Crippen LogP contribution is -2.48. The van der Waals surface area contributed by atoms with Crippen LogP contribution in [0.2, 0.25) is 25.7 Å². The number of fused-ring (bicyclic) bond motifs is 2. The largest absolute Gasteiger partial charge is 0.484 e. The highest BCUT2D eigenvalue weighted by Gasteiger charge is 2.54. The van der Waals surface area contributed by atoms with Crippen LogP contribution in [-0.2, 0) is 19.0 Å². The van der Waals surface area contributed by atoms with Gasteiger partial charge in [0.2, 0.25) is 0 Å². The molecule has 2 aliphatic heterocycles. The Labute approximate surface area is 165 Å². The van der Waals surface area contributed by atoms with Gasteiger partial charge in [0.1, 0.15) is 0 Å². The summed E-state index contributed by atoms with van der Waals surface area (Å²) in [6.07, 6.45) is 9.38. The standard InChI is InChI=1S/C22H36O4Si/c1-20-10-11-22(24-12-13-25-22)14-17(20)6-5-7-19-18(20)8-9-21(15-23,26-19)16-27(2,3)4/h15,17H,5-14,16H2,1-4H3/t17-,20+,21+/m1/s1. The molecular weight excluding hydrogens is 356 g/mol.